The second-order valence-electron chi connectivity index (χ2n) is 5.90. The summed E-state index contributed by atoms with van der Waals surface area (Å²) in [6.45, 7) is 0. The van der Waals surface area contributed by atoms with Gasteiger partial charge >= 0.3 is 0 Å². The second-order valence-corrected chi connectivity index (χ2v) is 5.90. The van der Waals surface area contributed by atoms with Crippen molar-refractivity contribution in [3.8, 4) is 11.3 Å². The van der Waals surface area contributed by atoms with E-state index in [1.165, 1.54) is 0 Å². The summed E-state index contributed by atoms with van der Waals surface area (Å²) in [6.07, 6.45) is -1.01. The van der Waals surface area contributed by atoms with E-state index in [1.54, 1.807) is 37.4 Å². The molecule has 0 fully saturated rings. The Morgan fingerprint density at radius 3 is 2.62 bits per heavy atom. The third kappa shape index (κ3) is 4.04. The fraction of sp³-hybridized carbons (Fsp3) is 0.150. The number of hydrogen-bond donors (Lipinski definition) is 3. The minimum atomic E-state index is -1.13. The van der Waals surface area contributed by atoms with Crippen LogP contribution in [-0.4, -0.2) is 27.9 Å². The van der Waals surface area contributed by atoms with Gasteiger partial charge in [0, 0.05) is 25.1 Å². The number of nitrogens with zero attached hydrogens (tertiary/aromatic N) is 2. The first kappa shape index (κ1) is 17.6. The maximum Gasteiger partial charge on any atom is 0.222 e. The largest absolute Gasteiger partial charge is 0.381 e. The van der Waals surface area contributed by atoms with E-state index in [9.17, 15) is 9.90 Å². The first-order valence-corrected chi connectivity index (χ1v) is 8.24. The average Bonchev–Trinajstić information content (AvgIpc) is 2.67. The number of benzene rings is 2. The molecule has 0 aliphatic carbocycles. The lowest BCUT2D eigenvalue weighted by atomic mass is 9.98. The van der Waals surface area contributed by atoms with Crippen LogP contribution in [0.1, 0.15) is 17.2 Å². The molecule has 1 atom stereocenters. The van der Waals surface area contributed by atoms with Crippen LogP contribution in [0.3, 0.4) is 0 Å². The predicted molar refractivity (Wildman–Crippen MR) is 102 cm³/mol. The van der Waals surface area contributed by atoms with Gasteiger partial charge in [0.1, 0.15) is 11.9 Å². The fourth-order valence-corrected chi connectivity index (χ4v) is 2.70. The fourth-order valence-electron chi connectivity index (χ4n) is 2.70. The van der Waals surface area contributed by atoms with Gasteiger partial charge in [-0.3, -0.25) is 4.79 Å². The van der Waals surface area contributed by atoms with Crippen molar-refractivity contribution < 1.29 is 9.90 Å². The molecule has 6 nitrogen and oxygen atoms in total. The summed E-state index contributed by atoms with van der Waals surface area (Å²) in [7, 11) is 1.76. The predicted octanol–water partition coefficient (Wildman–Crippen LogP) is 2.61. The number of hydrogen-bond acceptors (Lipinski definition) is 6. The van der Waals surface area contributed by atoms with Crippen molar-refractivity contribution in [2.45, 2.75) is 12.5 Å². The Morgan fingerprint density at radius 1 is 1.12 bits per heavy atom. The van der Waals surface area contributed by atoms with Crippen molar-refractivity contribution in [2.24, 2.45) is 0 Å². The zero-order valence-electron chi connectivity index (χ0n) is 14.4. The number of rotatable bonds is 6. The summed E-state index contributed by atoms with van der Waals surface area (Å²) in [5.41, 5.74) is 8.63. The number of carbonyl (C=O) groups excluding carboxylic acids is 1. The van der Waals surface area contributed by atoms with Crippen LogP contribution in [0.25, 0.3) is 11.3 Å². The zero-order chi connectivity index (χ0) is 18.5. The van der Waals surface area contributed by atoms with E-state index in [0.717, 1.165) is 11.1 Å². The number of Topliss-reactive ketones (excluding diaryl/α,β-unsaturated/α-hetero) is 1. The number of nitrogens with two attached hydrogens (primary N) is 1. The van der Waals surface area contributed by atoms with Crippen LogP contribution >= 0.6 is 0 Å². The molecule has 0 aliphatic heterocycles. The van der Waals surface area contributed by atoms with Crippen molar-refractivity contribution in [2.75, 3.05) is 18.1 Å². The minimum Gasteiger partial charge on any atom is -0.381 e. The van der Waals surface area contributed by atoms with Gasteiger partial charge in [-0.15, -0.1) is 0 Å². The number of aromatic nitrogens is 2. The zero-order valence-corrected chi connectivity index (χ0v) is 14.4. The molecule has 0 bridgehead atoms. The molecular formula is C20H20N4O2. The molecule has 26 heavy (non-hydrogen) atoms. The van der Waals surface area contributed by atoms with E-state index in [4.69, 9.17) is 5.73 Å². The minimum absolute atomic E-state index is 0.128. The summed E-state index contributed by atoms with van der Waals surface area (Å²) >= 11 is 0. The van der Waals surface area contributed by atoms with Crippen molar-refractivity contribution in [1.82, 2.24) is 9.97 Å². The smallest absolute Gasteiger partial charge is 0.222 e. The van der Waals surface area contributed by atoms with Crippen LogP contribution < -0.4 is 11.1 Å². The number of aliphatic hydroxyl groups excluding tert-OH is 1. The van der Waals surface area contributed by atoms with Crippen LogP contribution in [0.2, 0.25) is 0 Å². The van der Waals surface area contributed by atoms with E-state index >= 15 is 0 Å². The highest BCUT2D eigenvalue weighted by molar-refractivity contribution is 5.86. The Balaban J connectivity index is 1.81. The molecule has 0 radical (unpaired) electrons. The molecule has 4 N–H and O–H groups in total. The van der Waals surface area contributed by atoms with Crippen LogP contribution in [0.15, 0.2) is 60.7 Å². The number of anilines is 2. The Kier molecular flexibility index (Phi) is 5.24. The highest BCUT2D eigenvalue weighted by Gasteiger charge is 2.17. The van der Waals surface area contributed by atoms with Crippen molar-refractivity contribution in [3.05, 3.63) is 71.8 Å². The van der Waals surface area contributed by atoms with Crippen molar-refractivity contribution in [3.63, 3.8) is 0 Å². The Labute approximate surface area is 151 Å². The third-order valence-electron chi connectivity index (χ3n) is 4.02. The molecule has 0 saturated carbocycles. The number of nitrogens with one attached hydrogen (secondary N) is 1. The van der Waals surface area contributed by atoms with Gasteiger partial charge in [-0.05, 0) is 17.2 Å². The standard InChI is InChI=1S/C20H20N4O2/c1-22-18-12-16(23-20(21)24-18)15-9-5-6-13(10-15)11-17(25)19(26)14-7-3-2-4-8-14/h2-10,12,19,26H,11H2,1H3,(H3,21,22,23,24). The molecule has 1 aromatic heterocycles. The van der Waals surface area contributed by atoms with E-state index in [1.807, 2.05) is 30.3 Å². The highest BCUT2D eigenvalue weighted by atomic mass is 16.3. The van der Waals surface area contributed by atoms with Crippen LogP contribution in [0.5, 0.6) is 0 Å². The molecule has 6 heteroatoms. The summed E-state index contributed by atoms with van der Waals surface area (Å²) in [5.74, 6) is 0.535. The number of ketones is 1. The molecule has 0 spiro atoms. The van der Waals surface area contributed by atoms with Gasteiger partial charge in [0.25, 0.3) is 0 Å². The summed E-state index contributed by atoms with van der Waals surface area (Å²) < 4.78 is 0. The third-order valence-corrected chi connectivity index (χ3v) is 4.02. The highest BCUT2D eigenvalue weighted by Crippen LogP contribution is 2.23. The van der Waals surface area contributed by atoms with Crippen molar-refractivity contribution >= 4 is 17.5 Å². The van der Waals surface area contributed by atoms with E-state index in [-0.39, 0.29) is 18.2 Å². The van der Waals surface area contributed by atoms with Gasteiger partial charge in [-0.1, -0.05) is 48.5 Å². The molecule has 1 heterocycles. The number of aliphatic hydroxyl groups is 1. The SMILES string of the molecule is CNc1cc(-c2cccc(CC(=O)C(O)c3ccccc3)c2)nc(N)n1. The van der Waals surface area contributed by atoms with E-state index in [2.05, 4.69) is 15.3 Å². The van der Waals surface area contributed by atoms with Crippen LogP contribution in [0.4, 0.5) is 11.8 Å². The van der Waals surface area contributed by atoms with Crippen LogP contribution in [-0.2, 0) is 11.2 Å². The summed E-state index contributed by atoms with van der Waals surface area (Å²) in [6, 6.07) is 18.2. The Hall–Kier alpha value is -3.25. The average molecular weight is 348 g/mol. The van der Waals surface area contributed by atoms with Gasteiger partial charge < -0.3 is 16.2 Å². The maximum atomic E-state index is 12.4. The molecule has 0 amide bonds. The Morgan fingerprint density at radius 2 is 1.88 bits per heavy atom. The van der Waals surface area contributed by atoms with Gasteiger partial charge in [-0.2, -0.15) is 4.98 Å². The lowest BCUT2D eigenvalue weighted by Gasteiger charge is -2.11. The van der Waals surface area contributed by atoms with E-state index in [0.29, 0.717) is 17.1 Å². The second kappa shape index (κ2) is 7.76. The maximum absolute atomic E-state index is 12.4. The summed E-state index contributed by atoms with van der Waals surface area (Å²) in [5, 5.41) is 13.2. The molecule has 2 aromatic carbocycles. The summed E-state index contributed by atoms with van der Waals surface area (Å²) in [4.78, 5) is 20.7. The van der Waals surface area contributed by atoms with Crippen molar-refractivity contribution in [1.29, 1.82) is 0 Å². The molecule has 3 aromatic rings. The lowest BCUT2D eigenvalue weighted by molar-refractivity contribution is -0.126. The van der Waals surface area contributed by atoms with E-state index < -0.39 is 6.10 Å². The monoisotopic (exact) mass is 348 g/mol. The topological polar surface area (TPSA) is 101 Å². The number of carbonyl (C=O) groups is 1. The quantitative estimate of drug-likeness (QED) is 0.633. The molecule has 0 aliphatic rings. The van der Waals surface area contributed by atoms with Gasteiger partial charge in [0.2, 0.25) is 5.95 Å². The Bertz CT molecular complexity index is 913. The first-order chi connectivity index (χ1) is 12.6. The number of nitrogen functional groups attached to an aromatic ring is 1. The first-order valence-electron chi connectivity index (χ1n) is 8.24. The molecule has 0 saturated heterocycles. The van der Waals surface area contributed by atoms with Gasteiger partial charge in [-0.25, -0.2) is 4.98 Å². The lowest BCUT2D eigenvalue weighted by Crippen LogP contribution is -2.14. The van der Waals surface area contributed by atoms with Gasteiger partial charge in [0.05, 0.1) is 5.69 Å². The molecule has 3 rings (SSSR count). The molecule has 132 valence electrons. The van der Waals surface area contributed by atoms with Gasteiger partial charge in [0.15, 0.2) is 5.78 Å². The normalized spacial score (nSPS) is 11.8. The molecular weight excluding hydrogens is 328 g/mol. The molecule has 1 unspecified atom stereocenters. The van der Waals surface area contributed by atoms with Crippen LogP contribution in [0, 0.1) is 0 Å².